The number of nitrogens with one attached hydrogen (secondary N) is 1. The van der Waals surface area contributed by atoms with E-state index in [0.717, 1.165) is 18.2 Å². The SMILES string of the molecule is CC1(S(=O)(=O)NC(=O)c2cnn3ccc(N4C[C@@H](F)C[C@@H]4c4cc(F)ccc4F)cc23)CC1. The Hall–Kier alpha value is -3.08. The van der Waals surface area contributed by atoms with Crippen molar-refractivity contribution in [3.63, 3.8) is 0 Å². The Morgan fingerprint density at radius 2 is 1.97 bits per heavy atom. The smallest absolute Gasteiger partial charge is 0.268 e. The predicted octanol–water partition coefficient (Wildman–Crippen LogP) is 3.51. The highest BCUT2D eigenvalue weighted by Crippen LogP contribution is 2.42. The molecule has 1 amide bonds. The number of anilines is 1. The summed E-state index contributed by atoms with van der Waals surface area (Å²) in [4.78, 5) is 14.4. The lowest BCUT2D eigenvalue weighted by Gasteiger charge is -2.27. The lowest BCUT2D eigenvalue weighted by molar-refractivity contribution is 0.0982. The fourth-order valence-corrected chi connectivity index (χ4v) is 5.44. The molecule has 0 spiro atoms. The van der Waals surface area contributed by atoms with Gasteiger partial charge in [0.15, 0.2) is 0 Å². The molecular weight excluding hydrogens is 457 g/mol. The first-order valence-corrected chi connectivity index (χ1v) is 12.0. The molecule has 1 saturated heterocycles. The van der Waals surface area contributed by atoms with Crippen molar-refractivity contribution in [2.45, 2.75) is 43.1 Å². The van der Waals surface area contributed by atoms with E-state index in [1.165, 1.54) is 10.7 Å². The third-order valence-corrected chi connectivity index (χ3v) is 8.64. The monoisotopic (exact) mass is 478 g/mol. The molecule has 1 N–H and O–H groups in total. The molecule has 1 aliphatic heterocycles. The average molecular weight is 478 g/mol. The number of hydrogen-bond acceptors (Lipinski definition) is 5. The van der Waals surface area contributed by atoms with E-state index in [1.807, 2.05) is 0 Å². The molecular formula is C22H21F3N4O3S. The number of fused-ring (bicyclic) bond motifs is 1. The Kier molecular flexibility index (Phi) is 4.93. The fraction of sp³-hybridized carbons (Fsp3) is 0.364. The molecule has 2 aromatic heterocycles. The number of hydrogen-bond donors (Lipinski definition) is 1. The molecule has 0 unspecified atom stereocenters. The zero-order chi connectivity index (χ0) is 23.5. The summed E-state index contributed by atoms with van der Waals surface area (Å²) < 4.78 is 70.0. The molecule has 2 fully saturated rings. The summed E-state index contributed by atoms with van der Waals surface area (Å²) in [5.74, 6) is -2.07. The normalized spacial score (nSPS) is 22.0. The third-order valence-electron chi connectivity index (χ3n) is 6.48. The standard InChI is InChI=1S/C22H21F3N4O3S/c1-22(5-6-22)33(31,32)27-21(30)17-11-26-29-7-4-15(10-20(17)29)28-12-14(24)9-19(28)16-8-13(23)2-3-18(16)25/h2-4,7-8,10-11,14,19H,5-6,9,12H2,1H3,(H,27,30)/t14-,19+/m0/s1. The number of alkyl halides is 1. The second kappa shape index (κ2) is 7.47. The number of sulfonamides is 1. The van der Waals surface area contributed by atoms with Crippen molar-refractivity contribution < 1.29 is 26.4 Å². The number of carbonyl (C=O) groups is 1. The minimum Gasteiger partial charge on any atom is -0.361 e. The molecule has 3 aromatic rings. The largest absolute Gasteiger partial charge is 0.361 e. The Morgan fingerprint density at radius 3 is 2.70 bits per heavy atom. The van der Waals surface area contributed by atoms with Gasteiger partial charge in [0.25, 0.3) is 5.91 Å². The highest BCUT2D eigenvalue weighted by atomic mass is 32.2. The van der Waals surface area contributed by atoms with Gasteiger partial charge < -0.3 is 4.90 Å². The van der Waals surface area contributed by atoms with Crippen LogP contribution >= 0.6 is 0 Å². The molecule has 1 saturated carbocycles. The molecule has 2 atom stereocenters. The maximum atomic E-state index is 14.4. The zero-order valence-electron chi connectivity index (χ0n) is 17.6. The molecule has 0 bridgehead atoms. The van der Waals surface area contributed by atoms with Gasteiger partial charge in [-0.05, 0) is 50.1 Å². The number of rotatable bonds is 5. The molecule has 1 aliphatic carbocycles. The van der Waals surface area contributed by atoms with Crippen LogP contribution < -0.4 is 9.62 Å². The highest BCUT2D eigenvalue weighted by molar-refractivity contribution is 7.91. The maximum Gasteiger partial charge on any atom is 0.268 e. The first kappa shape index (κ1) is 21.7. The number of carbonyl (C=O) groups excluding carboxylic acids is 1. The summed E-state index contributed by atoms with van der Waals surface area (Å²) >= 11 is 0. The van der Waals surface area contributed by atoms with Crippen LogP contribution in [0.1, 0.15) is 48.1 Å². The summed E-state index contributed by atoms with van der Waals surface area (Å²) in [5, 5.41) is 4.09. The van der Waals surface area contributed by atoms with Crippen LogP contribution in [0.4, 0.5) is 18.9 Å². The second-order valence-corrected chi connectivity index (χ2v) is 11.0. The van der Waals surface area contributed by atoms with E-state index >= 15 is 0 Å². The van der Waals surface area contributed by atoms with Crippen molar-refractivity contribution in [2.24, 2.45) is 0 Å². The quantitative estimate of drug-likeness (QED) is 0.607. The van der Waals surface area contributed by atoms with Gasteiger partial charge in [-0.15, -0.1) is 0 Å². The van der Waals surface area contributed by atoms with Crippen molar-refractivity contribution in [2.75, 3.05) is 11.4 Å². The van der Waals surface area contributed by atoms with Crippen molar-refractivity contribution in [3.05, 3.63) is 65.5 Å². The lowest BCUT2D eigenvalue weighted by Crippen LogP contribution is -2.38. The molecule has 5 rings (SSSR count). The van der Waals surface area contributed by atoms with E-state index in [0.29, 0.717) is 24.0 Å². The van der Waals surface area contributed by atoms with Gasteiger partial charge >= 0.3 is 0 Å². The Labute approximate surface area is 188 Å². The molecule has 7 nitrogen and oxygen atoms in total. The van der Waals surface area contributed by atoms with E-state index in [9.17, 15) is 26.4 Å². The van der Waals surface area contributed by atoms with Crippen LogP contribution in [0, 0.1) is 11.6 Å². The van der Waals surface area contributed by atoms with Crippen LogP contribution in [-0.4, -0.2) is 41.4 Å². The van der Waals surface area contributed by atoms with Gasteiger partial charge in [-0.3, -0.25) is 4.79 Å². The number of amides is 1. The van der Waals surface area contributed by atoms with Gasteiger partial charge in [-0.2, -0.15) is 5.10 Å². The summed E-state index contributed by atoms with van der Waals surface area (Å²) in [7, 11) is -3.84. The summed E-state index contributed by atoms with van der Waals surface area (Å²) in [5.41, 5.74) is 0.865. The first-order valence-electron chi connectivity index (χ1n) is 10.5. The van der Waals surface area contributed by atoms with Crippen molar-refractivity contribution in [1.29, 1.82) is 0 Å². The number of aromatic nitrogens is 2. The highest BCUT2D eigenvalue weighted by Gasteiger charge is 2.51. The minimum absolute atomic E-state index is 0.0189. The molecule has 0 radical (unpaired) electrons. The number of nitrogens with zero attached hydrogens (tertiary/aromatic N) is 3. The molecule has 3 heterocycles. The Bertz CT molecular complexity index is 1370. The molecule has 174 valence electrons. The summed E-state index contributed by atoms with van der Waals surface area (Å²) in [6.07, 6.45) is 2.48. The summed E-state index contributed by atoms with van der Waals surface area (Å²) in [6.45, 7) is 1.53. The van der Waals surface area contributed by atoms with E-state index in [4.69, 9.17) is 0 Å². The molecule has 33 heavy (non-hydrogen) atoms. The van der Waals surface area contributed by atoms with Crippen molar-refractivity contribution in [3.8, 4) is 0 Å². The zero-order valence-corrected chi connectivity index (χ0v) is 18.4. The van der Waals surface area contributed by atoms with Crippen LogP contribution in [0.2, 0.25) is 0 Å². The number of halogens is 3. The van der Waals surface area contributed by atoms with Crippen molar-refractivity contribution in [1.82, 2.24) is 14.3 Å². The van der Waals surface area contributed by atoms with Crippen LogP contribution in [0.25, 0.3) is 5.52 Å². The van der Waals surface area contributed by atoms with Gasteiger partial charge in [0.05, 0.1) is 28.1 Å². The van der Waals surface area contributed by atoms with E-state index in [1.54, 1.807) is 30.2 Å². The second-order valence-electron chi connectivity index (χ2n) is 8.82. The molecule has 1 aromatic carbocycles. The van der Waals surface area contributed by atoms with E-state index in [-0.39, 0.29) is 24.1 Å². The molecule has 11 heteroatoms. The summed E-state index contributed by atoms with van der Waals surface area (Å²) in [6, 6.07) is 5.53. The van der Waals surface area contributed by atoms with E-state index in [2.05, 4.69) is 9.82 Å². The Morgan fingerprint density at radius 1 is 1.21 bits per heavy atom. The Balaban J connectivity index is 1.50. The van der Waals surface area contributed by atoms with Crippen LogP contribution in [0.3, 0.4) is 0 Å². The van der Waals surface area contributed by atoms with E-state index < -0.39 is 44.5 Å². The topological polar surface area (TPSA) is 83.8 Å². The van der Waals surface area contributed by atoms with Gasteiger partial charge in [0, 0.05) is 30.4 Å². The van der Waals surface area contributed by atoms with Crippen LogP contribution in [0.15, 0.2) is 42.7 Å². The van der Waals surface area contributed by atoms with Gasteiger partial charge in [-0.1, -0.05) is 0 Å². The van der Waals surface area contributed by atoms with Gasteiger partial charge in [0.2, 0.25) is 10.0 Å². The number of benzene rings is 1. The third kappa shape index (κ3) is 3.73. The lowest BCUT2D eigenvalue weighted by atomic mass is 10.0. The van der Waals surface area contributed by atoms with Gasteiger partial charge in [0.1, 0.15) is 17.8 Å². The van der Waals surface area contributed by atoms with Crippen LogP contribution in [0.5, 0.6) is 0 Å². The number of pyridine rings is 1. The fourth-order valence-electron chi connectivity index (χ4n) is 4.20. The van der Waals surface area contributed by atoms with Gasteiger partial charge in [-0.25, -0.2) is 30.8 Å². The first-order chi connectivity index (χ1) is 15.6. The molecule has 2 aliphatic rings. The maximum absolute atomic E-state index is 14.4. The van der Waals surface area contributed by atoms with Crippen molar-refractivity contribution >= 4 is 27.1 Å². The average Bonchev–Trinajstić information content (AvgIpc) is 3.21. The predicted molar refractivity (Wildman–Crippen MR) is 115 cm³/mol. The van der Waals surface area contributed by atoms with Crippen LogP contribution in [-0.2, 0) is 10.0 Å². The minimum atomic E-state index is -3.84.